The van der Waals surface area contributed by atoms with Crippen LogP contribution in [0.15, 0.2) is 0 Å². The minimum absolute atomic E-state index is 0. The Bertz CT molecular complexity index is 15.5. The zero-order valence-electron chi connectivity index (χ0n) is 1.23. The molecule has 0 saturated carbocycles. The Hall–Kier alpha value is 1.85. The summed E-state index contributed by atoms with van der Waals surface area (Å²) >= 11 is 6.43. The third-order valence-electron chi connectivity index (χ3n) is 0. The van der Waals surface area contributed by atoms with Gasteiger partial charge in [-0.3, -0.25) is 0 Å². The summed E-state index contributed by atoms with van der Waals surface area (Å²) in [5.41, 5.74) is 0. The van der Waals surface area contributed by atoms with Gasteiger partial charge < -0.3 is 0 Å². The molecule has 0 aromatic heterocycles. The van der Waals surface area contributed by atoms with Gasteiger partial charge in [-0.15, -0.1) is 0 Å². The maximum atomic E-state index is 4.35. The number of hydrogen-bond donors (Lipinski definition) is 0. The first-order valence-electron chi connectivity index (χ1n) is 0.352. The molecule has 0 aliphatic carbocycles. The number of halogens is 1. The predicted octanol–water partition coefficient (Wildman–Crippen LogP) is 1.10. The Morgan fingerprint density at radius 1 is 1.75 bits per heavy atom. The Kier molecular flexibility index (Phi) is 20.5. The van der Waals surface area contributed by atoms with Crippen LogP contribution in [0.5, 0.6) is 0 Å². The van der Waals surface area contributed by atoms with Crippen LogP contribution >= 0.6 is 27.0 Å². The summed E-state index contributed by atoms with van der Waals surface area (Å²) in [7, 11) is 0. The summed E-state index contributed by atoms with van der Waals surface area (Å²) in [6.07, 6.45) is 0. The number of rotatable bonds is 0. The van der Waals surface area contributed by atoms with E-state index in [0.717, 1.165) is 5.00 Å². The van der Waals surface area contributed by atoms with E-state index in [2.05, 4.69) is 33.8 Å². The van der Waals surface area contributed by atoms with E-state index in [4.69, 9.17) is 0 Å². The fraction of sp³-hybridized carbons (Fsp3) is 0. The van der Waals surface area contributed by atoms with Crippen molar-refractivity contribution in [2.24, 2.45) is 0 Å². The van der Waals surface area contributed by atoms with Gasteiger partial charge in [-0.2, -0.15) is 0 Å². The first-order chi connectivity index (χ1) is 1.41. The standard InChI is InChI=1S/IPS.Li.H/c1-2-3;;. The quantitative estimate of drug-likeness (QED) is 0.319. The zero-order chi connectivity index (χ0) is 2.71. The first-order valence-corrected chi connectivity index (χ1v) is 5.04. The van der Waals surface area contributed by atoms with Crippen LogP contribution in [0.25, 0.3) is 0 Å². The molecule has 4 heavy (non-hydrogen) atoms. The van der Waals surface area contributed by atoms with Gasteiger partial charge in [0.1, 0.15) is 0 Å². The summed E-state index contributed by atoms with van der Waals surface area (Å²) in [5.74, 6) is 0. The van der Waals surface area contributed by atoms with Crippen LogP contribution in [0.3, 0.4) is 0 Å². The molecule has 0 nitrogen and oxygen atoms in total. The van der Waals surface area contributed by atoms with E-state index in [1.165, 1.54) is 0 Å². The molecule has 20 valence electrons. The molecule has 0 rings (SSSR count). The second-order valence-corrected chi connectivity index (χ2v) is 4.17. The number of hydrogen-bond acceptors (Lipinski definition) is 1. The van der Waals surface area contributed by atoms with E-state index in [1.54, 1.807) is 0 Å². The molecule has 0 fully saturated rings. The van der Waals surface area contributed by atoms with Crippen molar-refractivity contribution in [3.8, 4) is 0 Å². The Balaban J connectivity index is 0. The van der Waals surface area contributed by atoms with Crippen LogP contribution in [-0.2, 0) is 11.8 Å². The molecule has 4 heteroatoms. The summed E-state index contributed by atoms with van der Waals surface area (Å²) in [6, 6.07) is 0. The second kappa shape index (κ2) is 8.85. The topological polar surface area (TPSA) is 0 Å². The van der Waals surface area contributed by atoms with Gasteiger partial charge in [-0.1, -0.05) is 0 Å². The van der Waals surface area contributed by atoms with Crippen molar-refractivity contribution in [2.45, 2.75) is 0 Å². The van der Waals surface area contributed by atoms with E-state index in [0.29, 0.717) is 0 Å². The third kappa shape index (κ3) is 9.14. The Morgan fingerprint density at radius 2 is 1.75 bits per heavy atom. The third-order valence-corrected chi connectivity index (χ3v) is 0. The average Bonchev–Trinajstić information content (AvgIpc) is 0.918. The van der Waals surface area contributed by atoms with Crippen LogP contribution in [-0.4, -0.2) is 18.9 Å². The minimum atomic E-state index is 0. The summed E-state index contributed by atoms with van der Waals surface area (Å²) in [5, 5.41) is 0. The summed E-state index contributed by atoms with van der Waals surface area (Å²) in [6.45, 7) is 0. The summed E-state index contributed by atoms with van der Waals surface area (Å²) < 4.78 is 0. The van der Waals surface area contributed by atoms with Crippen molar-refractivity contribution in [2.75, 3.05) is 0 Å². The van der Waals surface area contributed by atoms with E-state index >= 15 is 0 Å². The fourth-order valence-corrected chi connectivity index (χ4v) is 0. The second-order valence-electron chi connectivity index (χ2n) is 0.0690. The van der Waals surface area contributed by atoms with Gasteiger partial charge in [0.2, 0.25) is 0 Å². The van der Waals surface area contributed by atoms with Crippen molar-refractivity contribution < 1.29 is 0 Å². The van der Waals surface area contributed by atoms with Gasteiger partial charge in [0, 0.05) is 5.00 Å². The van der Waals surface area contributed by atoms with E-state index in [-0.39, 0.29) is 18.9 Å². The van der Waals surface area contributed by atoms with E-state index in [9.17, 15) is 0 Å². The first kappa shape index (κ1) is 9.28. The van der Waals surface area contributed by atoms with Crippen LogP contribution < -0.4 is 0 Å². The molecule has 0 atom stereocenters. The van der Waals surface area contributed by atoms with E-state index in [1.807, 2.05) is 0 Å². The van der Waals surface area contributed by atoms with Gasteiger partial charge >= 0.3 is 18.9 Å². The normalized spacial score (nSPS) is 5.25. The van der Waals surface area contributed by atoms with Crippen molar-refractivity contribution >= 4 is 57.7 Å². The molecule has 0 heterocycles. The predicted molar refractivity (Wildman–Crippen MR) is 35.5 cm³/mol. The molecule has 0 saturated heterocycles. The summed E-state index contributed by atoms with van der Waals surface area (Å²) in [4.78, 5) is 0.970. The van der Waals surface area contributed by atoms with Gasteiger partial charge in [0.15, 0.2) is 0 Å². The molecule has 0 amide bonds. The molecule has 0 spiro atoms. The van der Waals surface area contributed by atoms with Gasteiger partial charge in [0.05, 0.1) is 0 Å². The molecular weight excluding hydrogens is 197 g/mol. The van der Waals surface area contributed by atoms with Gasteiger partial charge in [0.25, 0.3) is 0 Å². The molecule has 0 unspecified atom stereocenters. The van der Waals surface area contributed by atoms with Crippen LogP contribution in [0.2, 0.25) is 0 Å². The monoisotopic (exact) mass is 198 g/mol. The molecule has 0 aromatic carbocycles. The van der Waals surface area contributed by atoms with Gasteiger partial charge in [-0.05, 0) is 33.8 Å². The zero-order valence-corrected chi connectivity index (χ0v) is 5.10. The molecular formula is HILiPS. The fourth-order valence-electron chi connectivity index (χ4n) is 0. The molecule has 0 aliphatic rings. The van der Waals surface area contributed by atoms with Crippen LogP contribution in [0, 0.1) is 0 Å². The van der Waals surface area contributed by atoms with Crippen molar-refractivity contribution in [1.82, 2.24) is 0 Å². The van der Waals surface area contributed by atoms with Crippen molar-refractivity contribution in [3.63, 3.8) is 0 Å². The average molecular weight is 198 g/mol. The molecule has 0 radical (unpaired) electrons. The Labute approximate surface area is 57.2 Å². The molecule has 0 aliphatic heterocycles. The van der Waals surface area contributed by atoms with Crippen LogP contribution in [0.4, 0.5) is 0 Å². The SMILES string of the molecule is S=PI.[LiH]. The van der Waals surface area contributed by atoms with Crippen molar-refractivity contribution in [1.29, 1.82) is 0 Å². The van der Waals surface area contributed by atoms with Gasteiger partial charge in [-0.25, -0.2) is 0 Å². The Morgan fingerprint density at radius 3 is 1.75 bits per heavy atom. The molecule has 0 bridgehead atoms. The maximum absolute atomic E-state index is 4.35. The molecule has 0 aromatic rings. The van der Waals surface area contributed by atoms with E-state index < -0.39 is 0 Å². The van der Waals surface area contributed by atoms with Crippen LogP contribution in [0.1, 0.15) is 0 Å². The van der Waals surface area contributed by atoms with Crippen molar-refractivity contribution in [3.05, 3.63) is 0 Å². The molecule has 0 N–H and O–H groups in total.